The Kier molecular flexibility index (Phi) is 7.04. The fourth-order valence-electron chi connectivity index (χ4n) is 2.21. The van der Waals surface area contributed by atoms with Crippen molar-refractivity contribution in [3.63, 3.8) is 0 Å². The van der Waals surface area contributed by atoms with E-state index in [2.05, 4.69) is 45.0 Å². The Morgan fingerprint density at radius 1 is 0.944 bits per heavy atom. The van der Waals surface area contributed by atoms with Crippen molar-refractivity contribution < 1.29 is 5.11 Å². The van der Waals surface area contributed by atoms with Gasteiger partial charge in [0.15, 0.2) is 0 Å². The molecule has 0 heterocycles. The molecule has 1 rings (SSSR count). The van der Waals surface area contributed by atoms with E-state index in [4.69, 9.17) is 0 Å². The highest BCUT2D eigenvalue weighted by molar-refractivity contribution is 5.26. The molecule has 0 aliphatic heterocycles. The fourth-order valence-corrected chi connectivity index (χ4v) is 2.21. The van der Waals surface area contributed by atoms with Gasteiger partial charge >= 0.3 is 0 Å². The van der Waals surface area contributed by atoms with E-state index in [0.29, 0.717) is 5.92 Å². The lowest BCUT2D eigenvalue weighted by Gasteiger charge is -2.13. The first-order valence-electron chi connectivity index (χ1n) is 7.46. The van der Waals surface area contributed by atoms with E-state index >= 15 is 0 Å². The molecule has 1 nitrogen and oxygen atoms in total. The summed E-state index contributed by atoms with van der Waals surface area (Å²) >= 11 is 0. The predicted molar refractivity (Wildman–Crippen MR) is 78.9 cm³/mol. The van der Waals surface area contributed by atoms with E-state index in [1.54, 1.807) is 0 Å². The first kappa shape index (κ1) is 15.2. The highest BCUT2D eigenvalue weighted by Crippen LogP contribution is 2.24. The number of unbranched alkanes of at least 4 members (excludes halogenated alkanes) is 3. The zero-order valence-electron chi connectivity index (χ0n) is 12.2. The van der Waals surface area contributed by atoms with Crippen molar-refractivity contribution in [2.75, 3.05) is 0 Å². The summed E-state index contributed by atoms with van der Waals surface area (Å²) in [5.41, 5.74) is 2.44. The van der Waals surface area contributed by atoms with Crippen LogP contribution in [0, 0.1) is 0 Å². The van der Waals surface area contributed by atoms with E-state index in [-0.39, 0.29) is 6.10 Å². The average Bonchev–Trinajstić information content (AvgIpc) is 2.42. The zero-order chi connectivity index (χ0) is 13.4. The molecule has 0 radical (unpaired) electrons. The molecule has 0 saturated carbocycles. The Hall–Kier alpha value is -0.820. The first-order chi connectivity index (χ1) is 8.69. The van der Waals surface area contributed by atoms with Crippen LogP contribution in [0.2, 0.25) is 0 Å². The molecule has 1 heteroatoms. The van der Waals surface area contributed by atoms with E-state index in [9.17, 15) is 5.11 Å². The van der Waals surface area contributed by atoms with Crippen LogP contribution in [0.1, 0.15) is 82.4 Å². The lowest BCUT2D eigenvalue weighted by Crippen LogP contribution is -1.98. The van der Waals surface area contributed by atoms with Crippen LogP contribution in [-0.2, 0) is 0 Å². The van der Waals surface area contributed by atoms with Crippen molar-refractivity contribution in [1.82, 2.24) is 0 Å². The number of hydrogen-bond acceptors (Lipinski definition) is 1. The maximum absolute atomic E-state index is 10.1. The SMILES string of the molecule is CCCCCCC(O)c1ccc(C(C)CC)cc1. The van der Waals surface area contributed by atoms with Crippen LogP contribution in [0.15, 0.2) is 24.3 Å². The van der Waals surface area contributed by atoms with Crippen LogP contribution in [0.25, 0.3) is 0 Å². The van der Waals surface area contributed by atoms with Crippen molar-refractivity contribution in [1.29, 1.82) is 0 Å². The molecule has 0 saturated heterocycles. The third-order valence-electron chi connectivity index (χ3n) is 3.83. The Balaban J connectivity index is 2.46. The van der Waals surface area contributed by atoms with Crippen molar-refractivity contribution in [3.05, 3.63) is 35.4 Å². The highest BCUT2D eigenvalue weighted by atomic mass is 16.3. The Labute approximate surface area is 112 Å². The van der Waals surface area contributed by atoms with Crippen molar-refractivity contribution in [2.45, 2.75) is 71.3 Å². The zero-order valence-corrected chi connectivity index (χ0v) is 12.2. The highest BCUT2D eigenvalue weighted by Gasteiger charge is 2.08. The Morgan fingerprint density at radius 3 is 2.11 bits per heavy atom. The second-order valence-corrected chi connectivity index (χ2v) is 5.34. The monoisotopic (exact) mass is 248 g/mol. The lowest BCUT2D eigenvalue weighted by molar-refractivity contribution is 0.163. The van der Waals surface area contributed by atoms with Gasteiger partial charge in [-0.2, -0.15) is 0 Å². The third kappa shape index (κ3) is 4.81. The maximum Gasteiger partial charge on any atom is 0.0790 e. The van der Waals surface area contributed by atoms with Crippen LogP contribution in [-0.4, -0.2) is 5.11 Å². The third-order valence-corrected chi connectivity index (χ3v) is 3.83. The maximum atomic E-state index is 10.1. The second-order valence-electron chi connectivity index (χ2n) is 5.34. The molecule has 0 bridgehead atoms. The van der Waals surface area contributed by atoms with Crippen LogP contribution >= 0.6 is 0 Å². The summed E-state index contributed by atoms with van der Waals surface area (Å²) in [5, 5.41) is 10.1. The van der Waals surface area contributed by atoms with Gasteiger partial charge in [-0.3, -0.25) is 0 Å². The molecular weight excluding hydrogens is 220 g/mol. The quantitative estimate of drug-likeness (QED) is 0.627. The first-order valence-corrected chi connectivity index (χ1v) is 7.46. The van der Waals surface area contributed by atoms with E-state index in [1.165, 1.54) is 31.2 Å². The molecular formula is C17H28O. The van der Waals surface area contributed by atoms with Crippen LogP contribution in [0.3, 0.4) is 0 Å². The van der Waals surface area contributed by atoms with Crippen LogP contribution in [0.4, 0.5) is 0 Å². The lowest BCUT2D eigenvalue weighted by atomic mass is 9.95. The number of aliphatic hydroxyl groups is 1. The van der Waals surface area contributed by atoms with Gasteiger partial charge in [-0.05, 0) is 29.9 Å². The molecule has 1 aromatic carbocycles. The molecule has 0 fully saturated rings. The van der Waals surface area contributed by atoms with Crippen molar-refractivity contribution in [3.8, 4) is 0 Å². The van der Waals surface area contributed by atoms with Crippen molar-refractivity contribution in [2.24, 2.45) is 0 Å². The average molecular weight is 248 g/mol. The second kappa shape index (κ2) is 8.31. The molecule has 18 heavy (non-hydrogen) atoms. The summed E-state index contributed by atoms with van der Waals surface area (Å²) in [6, 6.07) is 8.51. The summed E-state index contributed by atoms with van der Waals surface area (Å²) in [6.45, 7) is 6.67. The number of rotatable bonds is 8. The van der Waals surface area contributed by atoms with Gasteiger partial charge < -0.3 is 5.11 Å². The molecule has 0 spiro atoms. The topological polar surface area (TPSA) is 20.2 Å². The molecule has 0 aliphatic carbocycles. The molecule has 0 aliphatic rings. The van der Waals surface area contributed by atoms with E-state index in [0.717, 1.165) is 18.4 Å². The molecule has 102 valence electrons. The van der Waals surface area contributed by atoms with Gasteiger partial charge in [-0.15, -0.1) is 0 Å². The van der Waals surface area contributed by atoms with Crippen LogP contribution in [0.5, 0.6) is 0 Å². The predicted octanol–water partition coefficient (Wildman–Crippen LogP) is 5.20. The van der Waals surface area contributed by atoms with Gasteiger partial charge in [-0.1, -0.05) is 70.7 Å². The molecule has 2 atom stereocenters. The summed E-state index contributed by atoms with van der Waals surface area (Å²) < 4.78 is 0. The van der Waals surface area contributed by atoms with E-state index < -0.39 is 0 Å². The number of aliphatic hydroxyl groups excluding tert-OH is 1. The number of benzene rings is 1. The number of hydrogen-bond donors (Lipinski definition) is 1. The van der Waals surface area contributed by atoms with Gasteiger partial charge in [-0.25, -0.2) is 0 Å². The minimum atomic E-state index is -0.284. The summed E-state index contributed by atoms with van der Waals surface area (Å²) in [4.78, 5) is 0. The Morgan fingerprint density at radius 2 is 1.56 bits per heavy atom. The van der Waals surface area contributed by atoms with E-state index in [1.807, 2.05) is 0 Å². The summed E-state index contributed by atoms with van der Waals surface area (Å²) in [7, 11) is 0. The standard InChI is InChI=1S/C17H28O/c1-4-6-7-8-9-17(18)16-12-10-15(11-13-16)14(3)5-2/h10-14,17-18H,4-9H2,1-3H3. The fraction of sp³-hybridized carbons (Fsp3) is 0.647. The normalized spacial score (nSPS) is 14.4. The van der Waals surface area contributed by atoms with Gasteiger partial charge in [0.25, 0.3) is 0 Å². The van der Waals surface area contributed by atoms with Crippen LogP contribution < -0.4 is 0 Å². The minimum absolute atomic E-state index is 0.284. The van der Waals surface area contributed by atoms with Gasteiger partial charge in [0.2, 0.25) is 0 Å². The summed E-state index contributed by atoms with van der Waals surface area (Å²) in [6.07, 6.45) is 6.66. The molecule has 0 amide bonds. The van der Waals surface area contributed by atoms with Gasteiger partial charge in [0, 0.05) is 0 Å². The molecule has 1 aromatic rings. The molecule has 2 unspecified atom stereocenters. The van der Waals surface area contributed by atoms with Gasteiger partial charge in [0.1, 0.15) is 0 Å². The van der Waals surface area contributed by atoms with Crippen molar-refractivity contribution >= 4 is 0 Å². The largest absolute Gasteiger partial charge is 0.388 e. The molecule has 1 N–H and O–H groups in total. The smallest absolute Gasteiger partial charge is 0.0790 e. The molecule has 0 aromatic heterocycles. The van der Waals surface area contributed by atoms with Gasteiger partial charge in [0.05, 0.1) is 6.10 Å². The minimum Gasteiger partial charge on any atom is -0.388 e. The Bertz CT molecular complexity index is 315. The summed E-state index contributed by atoms with van der Waals surface area (Å²) in [5.74, 6) is 0.612.